The van der Waals surface area contributed by atoms with Gasteiger partial charge in [-0.3, -0.25) is 0 Å². The Morgan fingerprint density at radius 1 is 1.25 bits per heavy atom. The van der Waals surface area contributed by atoms with E-state index in [-0.39, 0.29) is 5.92 Å². The van der Waals surface area contributed by atoms with Crippen LogP contribution in [0.5, 0.6) is 0 Å². The predicted octanol–water partition coefficient (Wildman–Crippen LogP) is 2.37. The summed E-state index contributed by atoms with van der Waals surface area (Å²) in [7, 11) is 0. The highest BCUT2D eigenvalue weighted by atomic mass is 19.1. The van der Waals surface area contributed by atoms with Gasteiger partial charge in [-0.05, 0) is 44.2 Å². The molecule has 72 valence electrons. The zero-order chi connectivity index (χ0) is 8.97. The topological polar surface area (TPSA) is 12.0 Å². The molecule has 1 N–H and O–H groups in total. The number of halogens is 1. The van der Waals surface area contributed by atoms with Crippen LogP contribution in [0.1, 0.15) is 33.1 Å². The van der Waals surface area contributed by atoms with Gasteiger partial charge < -0.3 is 5.32 Å². The first-order valence-electron chi connectivity index (χ1n) is 5.06. The second-order valence-corrected chi connectivity index (χ2v) is 4.13. The molecule has 1 heterocycles. The molecule has 2 atom stereocenters. The van der Waals surface area contributed by atoms with E-state index in [1.807, 2.05) is 13.8 Å². The molecule has 0 aliphatic carbocycles. The van der Waals surface area contributed by atoms with Gasteiger partial charge in [0, 0.05) is 0 Å². The van der Waals surface area contributed by atoms with Gasteiger partial charge in [0.15, 0.2) is 0 Å². The summed E-state index contributed by atoms with van der Waals surface area (Å²) >= 11 is 0. The number of rotatable bonds is 2. The summed E-state index contributed by atoms with van der Waals surface area (Å²) in [6.45, 7) is 6.02. The molecule has 0 amide bonds. The number of alkyl halides is 1. The third-order valence-electron chi connectivity index (χ3n) is 2.71. The molecule has 1 fully saturated rings. The number of hydrogen-bond donors (Lipinski definition) is 1. The van der Waals surface area contributed by atoms with Crippen molar-refractivity contribution in [2.75, 3.05) is 13.1 Å². The van der Waals surface area contributed by atoms with E-state index in [1.54, 1.807) is 0 Å². The average molecular weight is 173 g/mol. The molecule has 1 aliphatic heterocycles. The molecule has 0 radical (unpaired) electrons. The average Bonchev–Trinajstić information content (AvgIpc) is 2.30. The van der Waals surface area contributed by atoms with Crippen molar-refractivity contribution in [2.24, 2.45) is 11.8 Å². The lowest BCUT2D eigenvalue weighted by Crippen LogP contribution is -2.23. The van der Waals surface area contributed by atoms with Crippen molar-refractivity contribution in [3.63, 3.8) is 0 Å². The summed E-state index contributed by atoms with van der Waals surface area (Å²) in [6.07, 6.45) is 2.62. The molecule has 12 heavy (non-hydrogen) atoms. The molecule has 1 rings (SSSR count). The molecule has 2 heteroatoms. The van der Waals surface area contributed by atoms with Crippen LogP contribution in [0.3, 0.4) is 0 Å². The molecule has 0 aromatic carbocycles. The Morgan fingerprint density at radius 2 is 2.00 bits per heavy atom. The van der Waals surface area contributed by atoms with E-state index in [0.717, 1.165) is 32.4 Å². The van der Waals surface area contributed by atoms with Crippen LogP contribution in [0.15, 0.2) is 0 Å². The van der Waals surface area contributed by atoms with E-state index < -0.39 is 6.17 Å². The summed E-state index contributed by atoms with van der Waals surface area (Å²) in [5, 5.41) is 3.30. The molecular weight excluding hydrogens is 153 g/mol. The fourth-order valence-corrected chi connectivity index (χ4v) is 1.91. The van der Waals surface area contributed by atoms with Gasteiger partial charge in [-0.15, -0.1) is 0 Å². The molecule has 1 aliphatic rings. The van der Waals surface area contributed by atoms with Gasteiger partial charge in [0.2, 0.25) is 0 Å². The first kappa shape index (κ1) is 9.97. The Labute approximate surface area is 74.7 Å². The lowest BCUT2D eigenvalue weighted by molar-refractivity contribution is 0.157. The summed E-state index contributed by atoms with van der Waals surface area (Å²) in [5.74, 6) is 0.494. The van der Waals surface area contributed by atoms with Crippen molar-refractivity contribution in [2.45, 2.75) is 39.3 Å². The van der Waals surface area contributed by atoms with Crippen molar-refractivity contribution >= 4 is 0 Å². The van der Waals surface area contributed by atoms with Crippen LogP contribution < -0.4 is 5.32 Å². The maximum absolute atomic E-state index is 13.6. The van der Waals surface area contributed by atoms with Crippen LogP contribution in [-0.4, -0.2) is 19.3 Å². The van der Waals surface area contributed by atoms with E-state index in [0.29, 0.717) is 5.92 Å². The highest BCUT2D eigenvalue weighted by Crippen LogP contribution is 2.25. The van der Waals surface area contributed by atoms with Crippen molar-refractivity contribution in [1.82, 2.24) is 5.32 Å². The SMILES string of the molecule is CC(C)C(F)C1CCCNCC1. The van der Waals surface area contributed by atoms with Crippen LogP contribution in [0.4, 0.5) is 4.39 Å². The summed E-state index contributed by atoms with van der Waals surface area (Å²) in [4.78, 5) is 0. The van der Waals surface area contributed by atoms with Gasteiger partial charge in [0.05, 0.1) is 0 Å². The molecule has 0 spiro atoms. The van der Waals surface area contributed by atoms with Gasteiger partial charge in [0.1, 0.15) is 6.17 Å². The lowest BCUT2D eigenvalue weighted by atomic mass is 9.89. The Hall–Kier alpha value is -0.110. The zero-order valence-electron chi connectivity index (χ0n) is 8.15. The third kappa shape index (κ3) is 2.74. The second-order valence-electron chi connectivity index (χ2n) is 4.13. The number of hydrogen-bond acceptors (Lipinski definition) is 1. The smallest absolute Gasteiger partial charge is 0.105 e. The van der Waals surface area contributed by atoms with Crippen molar-refractivity contribution in [1.29, 1.82) is 0 Å². The minimum Gasteiger partial charge on any atom is -0.317 e. The van der Waals surface area contributed by atoms with Gasteiger partial charge >= 0.3 is 0 Å². The zero-order valence-corrected chi connectivity index (χ0v) is 8.15. The molecule has 1 nitrogen and oxygen atoms in total. The minimum absolute atomic E-state index is 0.188. The Bertz CT molecular complexity index is 117. The molecule has 1 saturated heterocycles. The van der Waals surface area contributed by atoms with Gasteiger partial charge in [-0.25, -0.2) is 4.39 Å². The van der Waals surface area contributed by atoms with Gasteiger partial charge in [-0.1, -0.05) is 13.8 Å². The summed E-state index contributed by atoms with van der Waals surface area (Å²) in [6, 6.07) is 0. The number of nitrogens with one attached hydrogen (secondary N) is 1. The highest BCUT2D eigenvalue weighted by molar-refractivity contribution is 4.75. The van der Waals surface area contributed by atoms with Crippen molar-refractivity contribution in [3.8, 4) is 0 Å². The Balaban J connectivity index is 2.37. The molecule has 2 unspecified atom stereocenters. The Kier molecular flexibility index (Phi) is 3.99. The molecular formula is C10H20FN. The molecule has 0 bridgehead atoms. The van der Waals surface area contributed by atoms with E-state index in [4.69, 9.17) is 0 Å². The van der Waals surface area contributed by atoms with Crippen LogP contribution in [0.25, 0.3) is 0 Å². The Morgan fingerprint density at radius 3 is 2.67 bits per heavy atom. The molecule has 0 aromatic rings. The highest BCUT2D eigenvalue weighted by Gasteiger charge is 2.24. The maximum Gasteiger partial charge on any atom is 0.105 e. The maximum atomic E-state index is 13.6. The van der Waals surface area contributed by atoms with Gasteiger partial charge in [-0.2, -0.15) is 0 Å². The second kappa shape index (κ2) is 4.80. The summed E-state index contributed by atoms with van der Waals surface area (Å²) in [5.41, 5.74) is 0. The molecule has 0 saturated carbocycles. The first-order chi connectivity index (χ1) is 5.72. The van der Waals surface area contributed by atoms with Crippen molar-refractivity contribution in [3.05, 3.63) is 0 Å². The third-order valence-corrected chi connectivity index (χ3v) is 2.71. The van der Waals surface area contributed by atoms with E-state index in [9.17, 15) is 4.39 Å². The van der Waals surface area contributed by atoms with Crippen LogP contribution in [0, 0.1) is 11.8 Å². The van der Waals surface area contributed by atoms with Crippen LogP contribution in [0.2, 0.25) is 0 Å². The molecule has 0 aromatic heterocycles. The quantitative estimate of drug-likeness (QED) is 0.676. The monoisotopic (exact) mass is 173 g/mol. The normalized spacial score (nSPS) is 28.5. The minimum atomic E-state index is -0.593. The van der Waals surface area contributed by atoms with E-state index in [1.165, 1.54) is 0 Å². The fraction of sp³-hybridized carbons (Fsp3) is 1.00. The first-order valence-corrected chi connectivity index (χ1v) is 5.06. The van der Waals surface area contributed by atoms with E-state index in [2.05, 4.69) is 5.32 Å². The summed E-state index contributed by atoms with van der Waals surface area (Å²) < 4.78 is 13.6. The standard InChI is InChI=1S/C10H20FN/c1-8(2)10(11)9-4-3-6-12-7-5-9/h8-10,12H,3-7H2,1-2H3. The van der Waals surface area contributed by atoms with Crippen LogP contribution in [-0.2, 0) is 0 Å². The van der Waals surface area contributed by atoms with Crippen LogP contribution >= 0.6 is 0 Å². The fourth-order valence-electron chi connectivity index (χ4n) is 1.91. The van der Waals surface area contributed by atoms with Crippen molar-refractivity contribution < 1.29 is 4.39 Å². The largest absolute Gasteiger partial charge is 0.317 e. The van der Waals surface area contributed by atoms with Gasteiger partial charge in [0.25, 0.3) is 0 Å². The predicted molar refractivity (Wildman–Crippen MR) is 49.9 cm³/mol. The van der Waals surface area contributed by atoms with E-state index >= 15 is 0 Å². The lowest BCUT2D eigenvalue weighted by Gasteiger charge is -2.21.